The summed E-state index contributed by atoms with van der Waals surface area (Å²) in [5.74, 6) is -0.178. The van der Waals surface area contributed by atoms with Gasteiger partial charge in [-0.1, -0.05) is 0 Å². The predicted molar refractivity (Wildman–Crippen MR) is 54.1 cm³/mol. The van der Waals surface area contributed by atoms with E-state index >= 15 is 0 Å². The first-order chi connectivity index (χ1) is 6.59. The molecule has 0 bridgehead atoms. The van der Waals surface area contributed by atoms with Crippen molar-refractivity contribution in [3.05, 3.63) is 17.8 Å². The van der Waals surface area contributed by atoms with Crippen LogP contribution in [0.2, 0.25) is 0 Å². The van der Waals surface area contributed by atoms with Crippen molar-refractivity contribution in [1.29, 1.82) is 0 Å². The van der Waals surface area contributed by atoms with Gasteiger partial charge in [-0.2, -0.15) is 0 Å². The molecule has 0 radical (unpaired) electrons. The Morgan fingerprint density at radius 1 is 1.64 bits per heavy atom. The lowest BCUT2D eigenvalue weighted by Gasteiger charge is -2.05. The van der Waals surface area contributed by atoms with E-state index in [0.717, 1.165) is 5.69 Å². The highest BCUT2D eigenvalue weighted by molar-refractivity contribution is 5.67. The van der Waals surface area contributed by atoms with Gasteiger partial charge in [-0.15, -0.1) is 0 Å². The van der Waals surface area contributed by atoms with Gasteiger partial charge in [-0.25, -0.2) is 4.98 Å². The Hall–Kier alpha value is -1.78. The number of rotatable bonds is 4. The third-order valence-corrected chi connectivity index (χ3v) is 1.77. The van der Waals surface area contributed by atoms with E-state index in [1.807, 2.05) is 0 Å². The van der Waals surface area contributed by atoms with Crippen molar-refractivity contribution < 1.29 is 9.90 Å². The number of anilines is 2. The molecule has 0 amide bonds. The summed E-state index contributed by atoms with van der Waals surface area (Å²) in [5.41, 5.74) is 6.96. The van der Waals surface area contributed by atoms with Gasteiger partial charge in [-0.3, -0.25) is 4.79 Å². The van der Waals surface area contributed by atoms with Crippen molar-refractivity contribution >= 4 is 17.5 Å². The van der Waals surface area contributed by atoms with E-state index in [4.69, 9.17) is 10.8 Å². The largest absolute Gasteiger partial charge is 0.481 e. The van der Waals surface area contributed by atoms with Crippen molar-refractivity contribution in [2.45, 2.75) is 13.3 Å². The normalized spacial score (nSPS) is 9.79. The topological polar surface area (TPSA) is 88.2 Å². The van der Waals surface area contributed by atoms with E-state index in [1.165, 1.54) is 0 Å². The van der Waals surface area contributed by atoms with Gasteiger partial charge in [0.05, 0.1) is 17.8 Å². The lowest BCUT2D eigenvalue weighted by Crippen LogP contribution is -2.09. The van der Waals surface area contributed by atoms with E-state index in [2.05, 4.69) is 10.3 Å². The molecule has 0 aliphatic carbocycles. The number of nitrogens with one attached hydrogen (secondary N) is 1. The summed E-state index contributed by atoms with van der Waals surface area (Å²) >= 11 is 0. The maximum Gasteiger partial charge on any atom is 0.305 e. The summed E-state index contributed by atoms with van der Waals surface area (Å²) in [7, 11) is 0. The predicted octanol–water partition coefficient (Wildman–Crippen LogP) is 0.859. The van der Waals surface area contributed by atoms with Gasteiger partial charge >= 0.3 is 5.97 Å². The molecule has 0 aromatic carbocycles. The van der Waals surface area contributed by atoms with Crippen LogP contribution in [0, 0.1) is 6.92 Å². The van der Waals surface area contributed by atoms with Crippen LogP contribution in [0.1, 0.15) is 12.1 Å². The summed E-state index contributed by atoms with van der Waals surface area (Å²) < 4.78 is 0. The number of nitrogens with two attached hydrogens (primary N) is 1. The zero-order valence-electron chi connectivity index (χ0n) is 7.95. The Morgan fingerprint density at radius 3 is 2.93 bits per heavy atom. The number of aryl methyl sites for hydroxylation is 1. The summed E-state index contributed by atoms with van der Waals surface area (Å²) in [4.78, 5) is 14.4. The number of aliphatic carboxylic acids is 1. The van der Waals surface area contributed by atoms with Gasteiger partial charge in [0.25, 0.3) is 0 Å². The number of nitrogen functional groups attached to an aromatic ring is 1. The number of nitrogens with zero attached hydrogens (tertiary/aromatic N) is 1. The van der Waals surface area contributed by atoms with Crippen LogP contribution >= 0.6 is 0 Å². The fourth-order valence-electron chi connectivity index (χ4n) is 0.968. The third kappa shape index (κ3) is 2.93. The van der Waals surface area contributed by atoms with Crippen molar-refractivity contribution in [1.82, 2.24) is 4.98 Å². The summed E-state index contributed by atoms with van der Waals surface area (Å²) in [5, 5.41) is 11.3. The van der Waals surface area contributed by atoms with Gasteiger partial charge < -0.3 is 16.2 Å². The molecule has 0 aliphatic rings. The van der Waals surface area contributed by atoms with Crippen LogP contribution in [0.4, 0.5) is 11.5 Å². The fourth-order valence-corrected chi connectivity index (χ4v) is 0.968. The molecule has 1 aromatic rings. The third-order valence-electron chi connectivity index (χ3n) is 1.77. The van der Waals surface area contributed by atoms with Crippen LogP contribution in [-0.2, 0) is 4.79 Å². The minimum absolute atomic E-state index is 0.0745. The lowest BCUT2D eigenvalue weighted by atomic mass is 10.3. The van der Waals surface area contributed by atoms with Gasteiger partial charge in [0.2, 0.25) is 0 Å². The van der Waals surface area contributed by atoms with Crippen molar-refractivity contribution in [2.24, 2.45) is 0 Å². The van der Waals surface area contributed by atoms with Gasteiger partial charge in [0.15, 0.2) is 0 Å². The molecule has 0 saturated heterocycles. The molecule has 1 aromatic heterocycles. The standard InChI is InChI=1S/C9H13N3O2/c1-6-7(10)2-3-8(12-6)11-5-4-9(13)14/h2-3H,4-5,10H2,1H3,(H,11,12)(H,13,14). The number of carbonyl (C=O) groups is 1. The van der Waals surface area contributed by atoms with Crippen molar-refractivity contribution in [2.75, 3.05) is 17.6 Å². The van der Waals surface area contributed by atoms with Crippen LogP contribution in [0.5, 0.6) is 0 Å². The quantitative estimate of drug-likeness (QED) is 0.663. The second-order valence-corrected chi connectivity index (χ2v) is 2.94. The molecule has 0 saturated carbocycles. The number of carboxylic acid groups (broad SMARTS) is 1. The molecule has 0 aliphatic heterocycles. The Balaban J connectivity index is 2.51. The molecule has 4 N–H and O–H groups in total. The zero-order valence-corrected chi connectivity index (χ0v) is 7.95. The van der Waals surface area contributed by atoms with E-state index in [0.29, 0.717) is 18.1 Å². The molecule has 0 spiro atoms. The first kappa shape index (κ1) is 10.3. The first-order valence-electron chi connectivity index (χ1n) is 4.28. The summed E-state index contributed by atoms with van der Waals surface area (Å²) in [6.07, 6.45) is 0.0745. The zero-order chi connectivity index (χ0) is 10.6. The maximum atomic E-state index is 10.2. The maximum absolute atomic E-state index is 10.2. The molecule has 1 heterocycles. The van der Waals surface area contributed by atoms with Crippen LogP contribution in [0.15, 0.2) is 12.1 Å². The second kappa shape index (κ2) is 4.45. The Bertz CT molecular complexity index is 339. The fraction of sp³-hybridized carbons (Fsp3) is 0.333. The number of carboxylic acids is 1. The van der Waals surface area contributed by atoms with Gasteiger partial charge in [0, 0.05) is 6.54 Å². The van der Waals surface area contributed by atoms with Gasteiger partial charge in [0.1, 0.15) is 5.82 Å². The van der Waals surface area contributed by atoms with E-state index in [-0.39, 0.29) is 6.42 Å². The molecule has 0 unspecified atom stereocenters. The highest BCUT2D eigenvalue weighted by Crippen LogP contribution is 2.11. The average Bonchev–Trinajstić information content (AvgIpc) is 2.10. The monoisotopic (exact) mass is 195 g/mol. The molecule has 5 nitrogen and oxygen atoms in total. The van der Waals surface area contributed by atoms with E-state index in [9.17, 15) is 4.79 Å². The van der Waals surface area contributed by atoms with Crippen LogP contribution in [0.25, 0.3) is 0 Å². The number of aromatic nitrogens is 1. The summed E-state index contributed by atoms with van der Waals surface area (Å²) in [6.45, 7) is 2.17. The number of hydrogen-bond acceptors (Lipinski definition) is 4. The van der Waals surface area contributed by atoms with Crippen LogP contribution < -0.4 is 11.1 Å². The Kier molecular flexibility index (Phi) is 3.28. The van der Waals surface area contributed by atoms with E-state index < -0.39 is 5.97 Å². The van der Waals surface area contributed by atoms with Crippen molar-refractivity contribution in [3.63, 3.8) is 0 Å². The molecular weight excluding hydrogens is 182 g/mol. The minimum Gasteiger partial charge on any atom is -0.481 e. The number of pyridine rings is 1. The first-order valence-corrected chi connectivity index (χ1v) is 4.28. The average molecular weight is 195 g/mol. The molecule has 76 valence electrons. The molecule has 14 heavy (non-hydrogen) atoms. The number of hydrogen-bond donors (Lipinski definition) is 3. The lowest BCUT2D eigenvalue weighted by molar-refractivity contribution is -0.136. The Morgan fingerprint density at radius 2 is 2.36 bits per heavy atom. The van der Waals surface area contributed by atoms with Crippen LogP contribution in [-0.4, -0.2) is 22.6 Å². The Labute approximate surface area is 82.0 Å². The molecule has 1 rings (SSSR count). The minimum atomic E-state index is -0.829. The highest BCUT2D eigenvalue weighted by Gasteiger charge is 1.99. The molecule has 5 heteroatoms. The molecule has 0 fully saturated rings. The van der Waals surface area contributed by atoms with Gasteiger partial charge in [-0.05, 0) is 19.1 Å². The smallest absolute Gasteiger partial charge is 0.305 e. The highest BCUT2D eigenvalue weighted by atomic mass is 16.4. The SMILES string of the molecule is Cc1nc(NCCC(=O)O)ccc1N. The molecule has 0 atom stereocenters. The second-order valence-electron chi connectivity index (χ2n) is 2.94. The molecular formula is C9H13N3O2. The van der Waals surface area contributed by atoms with E-state index in [1.54, 1.807) is 19.1 Å². The summed E-state index contributed by atoms with van der Waals surface area (Å²) in [6, 6.07) is 3.47. The van der Waals surface area contributed by atoms with Crippen molar-refractivity contribution in [3.8, 4) is 0 Å². The van der Waals surface area contributed by atoms with Crippen LogP contribution in [0.3, 0.4) is 0 Å².